The maximum absolute atomic E-state index is 13.4. The van der Waals surface area contributed by atoms with Crippen molar-refractivity contribution in [1.82, 2.24) is 4.98 Å². The van der Waals surface area contributed by atoms with Gasteiger partial charge >= 0.3 is 6.18 Å². The second-order valence-corrected chi connectivity index (χ2v) is 7.00. The van der Waals surface area contributed by atoms with Gasteiger partial charge in [0.05, 0.1) is 10.6 Å². The quantitative estimate of drug-likeness (QED) is 0.723. The van der Waals surface area contributed by atoms with Crippen LogP contribution in [-0.4, -0.2) is 23.5 Å². The summed E-state index contributed by atoms with van der Waals surface area (Å²) in [7, 11) is 0. The zero-order valence-corrected chi connectivity index (χ0v) is 15.9. The van der Waals surface area contributed by atoms with Crippen molar-refractivity contribution < 1.29 is 22.4 Å². The number of rotatable bonds is 3. The number of carbonyl (C=O) groups excluding carboxylic acids is 1. The van der Waals surface area contributed by atoms with Gasteiger partial charge in [-0.2, -0.15) is 18.4 Å². The van der Waals surface area contributed by atoms with Crippen LogP contribution < -0.4 is 10.2 Å². The molecule has 1 atom stereocenters. The minimum atomic E-state index is -4.73. The lowest BCUT2D eigenvalue weighted by Crippen LogP contribution is -2.40. The molecular formula is C19H15ClF4N4O. The number of anilines is 2. The summed E-state index contributed by atoms with van der Waals surface area (Å²) in [6, 6.07) is 5.22. The normalized spacial score (nSPS) is 16.6. The summed E-state index contributed by atoms with van der Waals surface area (Å²) >= 11 is 5.71. The lowest BCUT2D eigenvalue weighted by molar-refractivity contribution is -0.137. The number of aromatic nitrogens is 1. The van der Waals surface area contributed by atoms with Crippen molar-refractivity contribution in [1.29, 1.82) is 5.26 Å². The van der Waals surface area contributed by atoms with Crippen molar-refractivity contribution in [3.8, 4) is 6.07 Å². The van der Waals surface area contributed by atoms with E-state index < -0.39 is 35.1 Å². The molecule has 2 aromatic rings. The van der Waals surface area contributed by atoms with Crippen LogP contribution in [0.2, 0.25) is 5.02 Å². The fourth-order valence-electron chi connectivity index (χ4n) is 3.29. The largest absolute Gasteiger partial charge is 0.417 e. The van der Waals surface area contributed by atoms with Crippen molar-refractivity contribution in [3.05, 3.63) is 51.9 Å². The summed E-state index contributed by atoms with van der Waals surface area (Å²) in [6.07, 6.45) is -3.83. The molecule has 0 aliphatic carbocycles. The molecule has 10 heteroatoms. The van der Waals surface area contributed by atoms with E-state index >= 15 is 0 Å². The minimum absolute atomic E-state index is 0.0858. The summed E-state index contributed by atoms with van der Waals surface area (Å²) in [5.41, 5.74) is -1.36. The molecule has 29 heavy (non-hydrogen) atoms. The lowest BCUT2D eigenvalue weighted by atomic mass is 10.1. The van der Waals surface area contributed by atoms with Gasteiger partial charge in [-0.25, -0.2) is 9.37 Å². The second kappa shape index (κ2) is 7.87. The topological polar surface area (TPSA) is 69.0 Å². The highest BCUT2D eigenvalue weighted by molar-refractivity contribution is 6.31. The number of halogens is 5. The number of amides is 1. The van der Waals surface area contributed by atoms with Crippen LogP contribution in [0.5, 0.6) is 0 Å². The zero-order chi connectivity index (χ0) is 21.3. The highest BCUT2D eigenvalue weighted by Gasteiger charge is 2.39. The molecule has 1 aliphatic heterocycles. The lowest BCUT2D eigenvalue weighted by Gasteiger charge is -2.27. The van der Waals surface area contributed by atoms with Gasteiger partial charge in [0.2, 0.25) is 5.91 Å². The van der Waals surface area contributed by atoms with Gasteiger partial charge in [0.1, 0.15) is 29.3 Å². The molecule has 0 spiro atoms. The number of nitriles is 1. The standard InChI is InChI=1S/C19H15ClF4N4O/c1-10-7-13(19(22,23)24)12(9-25)17(26-10)28-6-2-3-16(28)18(29)27-11-4-5-15(21)14(20)8-11/h4-5,7-8,16H,2-3,6H2,1H3,(H,27,29). The third kappa shape index (κ3) is 4.27. The average Bonchev–Trinajstić information content (AvgIpc) is 3.13. The van der Waals surface area contributed by atoms with Gasteiger partial charge in [0.25, 0.3) is 0 Å². The molecule has 1 amide bonds. The van der Waals surface area contributed by atoms with E-state index in [4.69, 9.17) is 11.6 Å². The SMILES string of the molecule is Cc1cc(C(F)(F)F)c(C#N)c(N2CCCC2C(=O)Nc2ccc(F)c(Cl)c2)n1. The van der Waals surface area contributed by atoms with Crippen LogP contribution >= 0.6 is 11.6 Å². The average molecular weight is 427 g/mol. The minimum Gasteiger partial charge on any atom is -0.343 e. The molecule has 3 rings (SSSR count). The maximum Gasteiger partial charge on any atom is 0.417 e. The van der Waals surface area contributed by atoms with E-state index in [1.54, 1.807) is 6.07 Å². The third-order valence-electron chi connectivity index (χ3n) is 4.56. The Balaban J connectivity index is 1.95. The summed E-state index contributed by atoms with van der Waals surface area (Å²) in [5, 5.41) is 11.8. The molecule has 2 heterocycles. The van der Waals surface area contributed by atoms with Crippen LogP contribution in [0.15, 0.2) is 24.3 Å². The Morgan fingerprint density at radius 3 is 2.72 bits per heavy atom. The monoisotopic (exact) mass is 426 g/mol. The van der Waals surface area contributed by atoms with Crippen molar-refractivity contribution in [2.24, 2.45) is 0 Å². The number of nitrogens with zero attached hydrogens (tertiary/aromatic N) is 3. The number of nitrogens with one attached hydrogen (secondary N) is 1. The van der Waals surface area contributed by atoms with Crippen LogP contribution in [0.4, 0.5) is 29.1 Å². The zero-order valence-electron chi connectivity index (χ0n) is 15.1. The predicted molar refractivity (Wildman–Crippen MR) is 99.1 cm³/mol. The van der Waals surface area contributed by atoms with E-state index in [0.717, 1.165) is 12.1 Å². The molecule has 152 valence electrons. The van der Waals surface area contributed by atoms with Gasteiger partial charge in [-0.15, -0.1) is 0 Å². The molecule has 1 aliphatic rings. The number of alkyl halides is 3. The first kappa shape index (κ1) is 20.9. The Morgan fingerprint density at radius 1 is 1.38 bits per heavy atom. The van der Waals surface area contributed by atoms with E-state index in [9.17, 15) is 27.6 Å². The van der Waals surface area contributed by atoms with Crippen molar-refractivity contribution >= 4 is 29.0 Å². The van der Waals surface area contributed by atoms with Gasteiger partial charge in [-0.3, -0.25) is 4.79 Å². The summed E-state index contributed by atoms with van der Waals surface area (Å²) in [4.78, 5) is 18.3. The first-order valence-corrected chi connectivity index (χ1v) is 9.01. The van der Waals surface area contributed by atoms with Gasteiger partial charge < -0.3 is 10.2 Å². The fourth-order valence-corrected chi connectivity index (χ4v) is 3.47. The van der Waals surface area contributed by atoms with Gasteiger partial charge in [-0.05, 0) is 44.0 Å². The fraction of sp³-hybridized carbons (Fsp3) is 0.316. The van der Waals surface area contributed by atoms with Crippen molar-refractivity contribution in [2.45, 2.75) is 32.0 Å². The Bertz CT molecular complexity index is 1000. The molecule has 1 aromatic heterocycles. The van der Waals surface area contributed by atoms with Crippen molar-refractivity contribution in [3.63, 3.8) is 0 Å². The van der Waals surface area contributed by atoms with Gasteiger partial charge in [0.15, 0.2) is 0 Å². The number of hydrogen-bond acceptors (Lipinski definition) is 4. The Hall–Kier alpha value is -2.86. The van der Waals surface area contributed by atoms with Crippen LogP contribution in [0.3, 0.4) is 0 Å². The molecular weight excluding hydrogens is 412 g/mol. The Morgan fingerprint density at radius 2 is 2.10 bits per heavy atom. The highest BCUT2D eigenvalue weighted by atomic mass is 35.5. The van der Waals surface area contributed by atoms with E-state index in [1.165, 1.54) is 24.0 Å². The van der Waals surface area contributed by atoms with Gasteiger partial charge in [0, 0.05) is 17.9 Å². The number of aryl methyl sites for hydroxylation is 1. The molecule has 1 aromatic carbocycles. The van der Waals surface area contributed by atoms with Crippen LogP contribution in [0, 0.1) is 24.1 Å². The molecule has 0 saturated carbocycles. The van der Waals surface area contributed by atoms with Gasteiger partial charge in [-0.1, -0.05) is 11.6 Å². The molecule has 1 unspecified atom stereocenters. The maximum atomic E-state index is 13.4. The smallest absolute Gasteiger partial charge is 0.343 e. The molecule has 1 saturated heterocycles. The summed E-state index contributed by atoms with van der Waals surface area (Å²) in [5.74, 6) is -1.32. The highest BCUT2D eigenvalue weighted by Crippen LogP contribution is 2.37. The Labute approximate surface area is 168 Å². The molecule has 0 bridgehead atoms. The predicted octanol–water partition coefficient (Wildman–Crippen LogP) is 4.68. The molecule has 5 nitrogen and oxygen atoms in total. The third-order valence-corrected chi connectivity index (χ3v) is 4.85. The number of pyridine rings is 1. The van der Waals surface area contributed by atoms with E-state index in [0.29, 0.717) is 12.8 Å². The van der Waals surface area contributed by atoms with Crippen LogP contribution in [0.25, 0.3) is 0 Å². The molecule has 1 fully saturated rings. The van der Waals surface area contributed by atoms with E-state index in [-0.39, 0.29) is 28.8 Å². The number of carbonyl (C=O) groups is 1. The molecule has 0 radical (unpaired) electrons. The number of hydrogen-bond donors (Lipinski definition) is 1. The van der Waals surface area contributed by atoms with Crippen LogP contribution in [0.1, 0.15) is 29.7 Å². The number of benzene rings is 1. The molecule has 1 N–H and O–H groups in total. The first-order chi connectivity index (χ1) is 13.6. The summed E-state index contributed by atoms with van der Waals surface area (Å²) in [6.45, 7) is 1.66. The summed E-state index contributed by atoms with van der Waals surface area (Å²) < 4.78 is 53.4. The van der Waals surface area contributed by atoms with E-state index in [2.05, 4.69) is 10.3 Å². The van der Waals surface area contributed by atoms with E-state index in [1.807, 2.05) is 0 Å². The first-order valence-electron chi connectivity index (χ1n) is 8.63. The second-order valence-electron chi connectivity index (χ2n) is 6.59. The van der Waals surface area contributed by atoms with Crippen molar-refractivity contribution in [2.75, 3.05) is 16.8 Å². The van der Waals surface area contributed by atoms with Crippen LogP contribution in [-0.2, 0) is 11.0 Å². The Kier molecular flexibility index (Phi) is 5.66.